The summed E-state index contributed by atoms with van der Waals surface area (Å²) in [5.41, 5.74) is 27.0. The van der Waals surface area contributed by atoms with Gasteiger partial charge in [0.15, 0.2) is 34.9 Å². The van der Waals surface area contributed by atoms with Gasteiger partial charge in [-0.15, -0.1) is 0 Å². The van der Waals surface area contributed by atoms with Crippen LogP contribution in [-0.4, -0.2) is 54.8 Å². The number of hydrogen-bond acceptors (Lipinski definition) is 11. The van der Waals surface area contributed by atoms with Crippen molar-refractivity contribution in [1.29, 1.82) is 0 Å². The van der Waals surface area contributed by atoms with Crippen molar-refractivity contribution in [3.8, 4) is 169 Å². The largest absolute Gasteiger partial charge is 0.248 e. The van der Waals surface area contributed by atoms with E-state index in [1.165, 1.54) is 10.8 Å². The maximum Gasteiger partial charge on any atom is 0.164 e. The second-order valence-electron chi connectivity index (χ2n) is 35.8. The molecule has 27 rings (SSSR count). The van der Waals surface area contributed by atoms with E-state index >= 15 is 0 Å². The van der Waals surface area contributed by atoms with E-state index < -0.39 is 0 Å². The number of benzene rings is 21. The van der Waals surface area contributed by atoms with Gasteiger partial charge in [-0.1, -0.05) is 449 Å². The van der Waals surface area contributed by atoms with Crippen molar-refractivity contribution in [3.05, 3.63) is 516 Å². The average Bonchev–Trinajstić information content (AvgIpc) is 0.754. The fourth-order valence-electron chi connectivity index (χ4n) is 19.6. The van der Waals surface area contributed by atoms with Gasteiger partial charge in [-0.3, -0.25) is 0 Å². The van der Waals surface area contributed by atoms with Crippen molar-refractivity contribution in [3.63, 3.8) is 0 Å². The summed E-state index contributed by atoms with van der Waals surface area (Å²) in [7, 11) is 0. The number of rotatable bonds is 15. The number of pyridine rings is 2. The summed E-state index contributed by atoms with van der Waals surface area (Å²) in [5.74, 6) is 3.96. The lowest BCUT2D eigenvalue weighted by Crippen LogP contribution is -2.01. The van der Waals surface area contributed by atoms with E-state index in [9.17, 15) is 0 Å². The zero-order valence-corrected chi connectivity index (χ0v) is 78.0. The number of aromatic nitrogens is 11. The van der Waals surface area contributed by atoms with Gasteiger partial charge in [0.2, 0.25) is 0 Å². The van der Waals surface area contributed by atoms with Gasteiger partial charge in [-0.05, 0) is 137 Å². The number of hydrogen-bond donors (Lipinski definition) is 0. The molecular weight excluding hydrogens is 1750 g/mol. The molecule has 0 aliphatic heterocycles. The SMILES string of the molecule is c1ccc(-c2cc(-c3ccc4ccccc4c3)cc(-c3ccc4ccc5c(-c6ccccc6)nc(-c6ccccc6)nc5c4c3)n2)cc1.c1ccc(-c2cc(-c3ccccc3)nc(-c3ccc4ccc5c(-c6ccccc6)nc(-c6ccccc6)nc5c4c3)c2)cc1.c1ccc(-c2nc(-c3ccccc3)c3ccc4ccc(-c5nc(-c6cccc7ccccc67)nc(-c6cccc7ccccc67)n5)cc4c3n2)cc1. The molecule has 6 aromatic heterocycles. The molecule has 0 aliphatic carbocycles. The lowest BCUT2D eigenvalue weighted by Gasteiger charge is -2.14. The van der Waals surface area contributed by atoms with Crippen molar-refractivity contribution in [2.24, 2.45) is 0 Å². The smallest absolute Gasteiger partial charge is 0.164 e. The van der Waals surface area contributed by atoms with Crippen LogP contribution in [0.2, 0.25) is 0 Å². The van der Waals surface area contributed by atoms with Crippen LogP contribution in [-0.2, 0) is 0 Å². The van der Waals surface area contributed by atoms with Crippen molar-refractivity contribution in [1.82, 2.24) is 54.8 Å². The van der Waals surface area contributed by atoms with Crippen molar-refractivity contribution >= 4 is 97.3 Å². The molecule has 27 aromatic rings. The lowest BCUT2D eigenvalue weighted by molar-refractivity contribution is 1.08. The highest BCUT2D eigenvalue weighted by Gasteiger charge is 2.24. The highest BCUT2D eigenvalue weighted by Crippen LogP contribution is 2.44. The maximum absolute atomic E-state index is 5.25. The molecule has 21 aromatic carbocycles. The molecule has 6 heterocycles. The van der Waals surface area contributed by atoms with Gasteiger partial charge >= 0.3 is 0 Å². The van der Waals surface area contributed by atoms with Crippen molar-refractivity contribution in [2.75, 3.05) is 0 Å². The first kappa shape index (κ1) is 86.1. The third-order valence-electron chi connectivity index (χ3n) is 26.8. The molecule has 0 bridgehead atoms. The van der Waals surface area contributed by atoms with Crippen LogP contribution in [0, 0.1) is 0 Å². The first-order chi connectivity index (χ1) is 71.3. The number of nitrogens with zero attached hydrogens (tertiary/aromatic N) is 11. The van der Waals surface area contributed by atoms with Crippen LogP contribution in [0.25, 0.3) is 267 Å². The Morgan fingerprint density at radius 1 is 0.104 bits per heavy atom. The van der Waals surface area contributed by atoms with E-state index in [1.807, 2.05) is 103 Å². The zero-order valence-electron chi connectivity index (χ0n) is 78.0. The van der Waals surface area contributed by atoms with Crippen LogP contribution in [0.3, 0.4) is 0 Å². The van der Waals surface area contributed by atoms with Crippen LogP contribution in [0.1, 0.15) is 0 Å². The molecule has 11 heteroatoms. The van der Waals surface area contributed by atoms with Crippen LogP contribution in [0.5, 0.6) is 0 Å². The minimum atomic E-state index is 0.598. The standard InChI is InChI=1S/C47H29N5.C45H29N3.C41H27N3/c1-3-15-33(16-4-1)42-40-28-27-32-25-26-35(29-41(32)43(40)49-44(48-42)34-17-5-2-6-18-34)45-50-46(38-23-11-19-30-13-7-9-21-36(30)38)52-47(51-45)39-24-12-20-31-14-8-10-22-37(31)39;1-4-13-32(14-5-1)41-28-38(36-22-20-30-12-10-11-19-35(30)26-36)29-42(46-41)37-23-21-31-24-25-39-43(33-15-6-2-7-16-33)47-45(34-17-8-3-9-18-34)48-44(39)40(31)27-37;1-5-13-28(14-6-1)34-26-37(30-15-7-2-8-16-30)42-38(27-34)33-22-21-29-23-24-35-39(31-17-9-3-10-18-31)43-41(32-19-11-4-12-20-32)44-40(35)36(29)25-33/h1-29H;1-29H;1-27H. The Labute approximate surface area is 831 Å². The molecule has 0 aliphatic rings. The monoisotopic (exact) mass is 1840 g/mol. The van der Waals surface area contributed by atoms with Gasteiger partial charge in [-0.25, -0.2) is 54.8 Å². The Balaban J connectivity index is 0.000000113. The molecule has 0 amide bonds. The lowest BCUT2D eigenvalue weighted by atomic mass is 9.96. The molecule has 11 nitrogen and oxygen atoms in total. The molecule has 0 spiro atoms. The molecule has 0 unspecified atom stereocenters. The third-order valence-corrected chi connectivity index (χ3v) is 26.8. The first-order valence-corrected chi connectivity index (χ1v) is 48.3. The molecule has 0 saturated heterocycles. The minimum Gasteiger partial charge on any atom is -0.248 e. The Hall–Kier alpha value is -19.5. The predicted octanol–water partition coefficient (Wildman–Crippen LogP) is 33.8. The zero-order chi connectivity index (χ0) is 95.6. The van der Waals surface area contributed by atoms with Gasteiger partial charge in [0.05, 0.1) is 56.4 Å². The Morgan fingerprint density at radius 3 is 0.743 bits per heavy atom. The highest BCUT2D eigenvalue weighted by molar-refractivity contribution is 6.14. The normalized spacial score (nSPS) is 11.3. The summed E-state index contributed by atoms with van der Waals surface area (Å²) in [6.07, 6.45) is 0. The van der Waals surface area contributed by atoms with Gasteiger partial charge < -0.3 is 0 Å². The maximum atomic E-state index is 5.25. The van der Waals surface area contributed by atoms with Crippen LogP contribution < -0.4 is 0 Å². The van der Waals surface area contributed by atoms with Crippen LogP contribution >= 0.6 is 0 Å². The summed E-state index contributed by atoms with van der Waals surface area (Å²) in [5, 5.41) is 16.4. The summed E-state index contributed by atoms with van der Waals surface area (Å²) >= 11 is 0. The summed E-state index contributed by atoms with van der Waals surface area (Å²) in [6.45, 7) is 0. The molecule has 144 heavy (non-hydrogen) atoms. The quantitative estimate of drug-likeness (QED) is 0.0906. The van der Waals surface area contributed by atoms with E-state index in [2.05, 4.69) is 413 Å². The van der Waals surface area contributed by atoms with E-state index in [-0.39, 0.29) is 0 Å². The van der Waals surface area contributed by atoms with Crippen molar-refractivity contribution < 1.29 is 0 Å². The topological polar surface area (TPSA) is 142 Å². The van der Waals surface area contributed by atoms with Gasteiger partial charge in [0.25, 0.3) is 0 Å². The predicted molar refractivity (Wildman–Crippen MR) is 594 cm³/mol. The second kappa shape index (κ2) is 38.1. The third kappa shape index (κ3) is 17.2. The Kier molecular flexibility index (Phi) is 22.8. The molecule has 0 atom stereocenters. The van der Waals surface area contributed by atoms with E-state index in [4.69, 9.17) is 54.8 Å². The summed E-state index contributed by atoms with van der Waals surface area (Å²) in [4.78, 5) is 57.0. The summed E-state index contributed by atoms with van der Waals surface area (Å²) < 4.78 is 0. The molecular formula is C133H85N11. The number of fused-ring (bicyclic) bond motifs is 12. The molecule has 0 fully saturated rings. The fourth-order valence-corrected chi connectivity index (χ4v) is 19.6. The molecule has 0 N–H and O–H groups in total. The van der Waals surface area contributed by atoms with Gasteiger partial charge in [-0.2, -0.15) is 0 Å². The Morgan fingerprint density at radius 2 is 0.361 bits per heavy atom. The van der Waals surface area contributed by atoms with Gasteiger partial charge in [0.1, 0.15) is 0 Å². The molecule has 0 radical (unpaired) electrons. The first-order valence-electron chi connectivity index (χ1n) is 48.3. The fraction of sp³-hybridized carbons (Fsp3) is 0. The minimum absolute atomic E-state index is 0.598. The van der Waals surface area contributed by atoms with E-state index in [1.54, 1.807) is 0 Å². The molecule has 0 saturated carbocycles. The van der Waals surface area contributed by atoms with Crippen LogP contribution in [0.15, 0.2) is 516 Å². The second-order valence-corrected chi connectivity index (χ2v) is 35.8. The van der Waals surface area contributed by atoms with Crippen LogP contribution in [0.4, 0.5) is 0 Å². The van der Waals surface area contributed by atoms with Crippen molar-refractivity contribution in [2.45, 2.75) is 0 Å². The van der Waals surface area contributed by atoms with Gasteiger partial charge in [0, 0.05) is 105 Å². The highest BCUT2D eigenvalue weighted by atomic mass is 15.0. The molecule has 672 valence electrons. The Bertz CT molecular complexity index is 9380. The average molecular weight is 1840 g/mol. The summed E-state index contributed by atoms with van der Waals surface area (Å²) in [6, 6.07) is 179. The van der Waals surface area contributed by atoms with E-state index in [0.29, 0.717) is 34.9 Å². The van der Waals surface area contributed by atoms with E-state index in [0.717, 1.165) is 221 Å².